The lowest BCUT2D eigenvalue weighted by atomic mass is 9.93. The number of rotatable bonds is 9. The molecule has 314 valence electrons. The van der Waals surface area contributed by atoms with Crippen LogP contribution in [0, 0.1) is 0 Å². The summed E-state index contributed by atoms with van der Waals surface area (Å²) in [5, 5.41) is 7.72. The first kappa shape index (κ1) is 39.6. The van der Waals surface area contributed by atoms with Crippen LogP contribution in [0.15, 0.2) is 255 Å². The Morgan fingerprint density at radius 1 is 0.284 bits per heavy atom. The Balaban J connectivity index is 0.993. The molecule has 3 heterocycles. The van der Waals surface area contributed by atoms with Crippen molar-refractivity contribution in [2.75, 3.05) is 0 Å². The molecule has 0 unspecified atom stereocenters. The Hall–Kier alpha value is -8.99. The molecular formula is C63H42N4. The van der Waals surface area contributed by atoms with Crippen molar-refractivity contribution in [1.29, 1.82) is 0 Å². The summed E-state index contributed by atoms with van der Waals surface area (Å²) >= 11 is 0. The molecule has 0 amide bonds. The summed E-state index contributed by atoms with van der Waals surface area (Å²) < 4.78 is 2.16. The van der Waals surface area contributed by atoms with Gasteiger partial charge in [0.2, 0.25) is 0 Å². The van der Waals surface area contributed by atoms with Gasteiger partial charge >= 0.3 is 0 Å². The van der Waals surface area contributed by atoms with Crippen molar-refractivity contribution in [3.63, 3.8) is 0 Å². The number of pyridine rings is 1. The highest BCUT2D eigenvalue weighted by atomic mass is 15.2. The maximum atomic E-state index is 5.43. The van der Waals surface area contributed by atoms with Crippen LogP contribution in [-0.2, 0) is 0 Å². The molecule has 0 bridgehead atoms. The minimum Gasteiger partial charge on any atom is -0.231 e. The molecule has 3 aromatic heterocycles. The minimum absolute atomic E-state index is 0.680. The predicted octanol–water partition coefficient (Wildman–Crippen LogP) is 16.3. The Labute approximate surface area is 389 Å². The van der Waals surface area contributed by atoms with E-state index >= 15 is 0 Å². The van der Waals surface area contributed by atoms with Gasteiger partial charge in [-0.3, -0.25) is 0 Å². The lowest BCUT2D eigenvalue weighted by Crippen LogP contribution is -1.97. The zero-order valence-corrected chi connectivity index (χ0v) is 36.5. The van der Waals surface area contributed by atoms with E-state index in [9.17, 15) is 0 Å². The van der Waals surface area contributed by atoms with E-state index in [1.165, 1.54) is 11.1 Å². The van der Waals surface area contributed by atoms with Gasteiger partial charge < -0.3 is 0 Å². The number of fused-ring (bicyclic) bond motifs is 3. The van der Waals surface area contributed by atoms with Crippen LogP contribution >= 0.6 is 0 Å². The van der Waals surface area contributed by atoms with Crippen molar-refractivity contribution in [3.05, 3.63) is 255 Å². The molecule has 67 heavy (non-hydrogen) atoms. The van der Waals surface area contributed by atoms with Crippen LogP contribution in [0.3, 0.4) is 0 Å². The van der Waals surface area contributed by atoms with Gasteiger partial charge in [-0.1, -0.05) is 243 Å². The second-order valence-corrected chi connectivity index (χ2v) is 16.8. The smallest absolute Gasteiger partial charge is 0.160 e. The van der Waals surface area contributed by atoms with E-state index < -0.39 is 0 Å². The highest BCUT2D eigenvalue weighted by Gasteiger charge is 2.23. The van der Waals surface area contributed by atoms with Gasteiger partial charge in [0, 0.05) is 38.8 Å². The SMILES string of the molecule is c1ccc(-c2ccc(-c3cc(-c4ccc(-c5cccc6c5cc(-c5ccccc5)n5nc(-c7ccccc7)c(-c7ccccc7)c65)cc4)nc(-c4ccc(-c5ccccc5)cc4)n3)cc2)cc1. The second-order valence-electron chi connectivity index (χ2n) is 16.8. The van der Waals surface area contributed by atoms with E-state index in [2.05, 4.69) is 247 Å². The lowest BCUT2D eigenvalue weighted by Gasteiger charge is -2.14. The molecule has 0 aliphatic carbocycles. The number of hydrogen-bond donors (Lipinski definition) is 0. The largest absolute Gasteiger partial charge is 0.231 e. The van der Waals surface area contributed by atoms with Crippen molar-refractivity contribution >= 4 is 16.3 Å². The summed E-state index contributed by atoms with van der Waals surface area (Å²) in [5.41, 5.74) is 19.1. The molecule has 0 aliphatic heterocycles. The highest BCUT2D eigenvalue weighted by molar-refractivity contribution is 6.12. The Kier molecular flexibility index (Phi) is 10.2. The molecule has 9 aromatic carbocycles. The molecule has 0 atom stereocenters. The lowest BCUT2D eigenvalue weighted by molar-refractivity contribution is 0.979. The van der Waals surface area contributed by atoms with E-state index in [4.69, 9.17) is 15.1 Å². The van der Waals surface area contributed by atoms with E-state index in [0.717, 1.165) is 100 Å². The summed E-state index contributed by atoms with van der Waals surface area (Å²) in [6, 6.07) is 89.9. The third kappa shape index (κ3) is 7.57. The molecule has 0 aliphatic rings. The molecular weight excluding hydrogens is 813 g/mol. The number of benzene rings is 9. The van der Waals surface area contributed by atoms with E-state index in [1.807, 2.05) is 12.1 Å². The summed E-state index contributed by atoms with van der Waals surface area (Å²) in [7, 11) is 0. The topological polar surface area (TPSA) is 43.1 Å². The standard InChI is InChI=1S/C63H42N4/c1-6-17-43(18-7-1)45-29-35-48(36-30-45)57-42-58(65-63(64-57)53-39-31-46(32-40-53)44-19-8-2-9-20-44)49-37-33-47(34-38-49)54-27-16-28-55-56(54)41-59(50-21-10-3-11-22-50)67-62(55)60(51-23-12-4-13-24-51)61(66-67)52-25-14-5-15-26-52/h1-42H. The Morgan fingerprint density at radius 2 is 0.701 bits per heavy atom. The van der Waals surface area contributed by atoms with Gasteiger partial charge in [0.05, 0.1) is 22.6 Å². The summed E-state index contributed by atoms with van der Waals surface area (Å²) in [6.07, 6.45) is 0. The first-order valence-corrected chi connectivity index (χ1v) is 22.7. The van der Waals surface area contributed by atoms with Crippen LogP contribution in [0.2, 0.25) is 0 Å². The van der Waals surface area contributed by atoms with Crippen LogP contribution in [0.1, 0.15) is 0 Å². The molecule has 12 aromatic rings. The van der Waals surface area contributed by atoms with Gasteiger partial charge in [-0.2, -0.15) is 5.10 Å². The molecule has 12 rings (SSSR count). The number of nitrogens with zero attached hydrogens (tertiary/aromatic N) is 4. The summed E-state index contributed by atoms with van der Waals surface area (Å²) in [4.78, 5) is 10.4. The van der Waals surface area contributed by atoms with Crippen LogP contribution in [0.4, 0.5) is 0 Å². The maximum absolute atomic E-state index is 5.43. The first-order valence-electron chi connectivity index (χ1n) is 22.7. The van der Waals surface area contributed by atoms with Crippen molar-refractivity contribution in [2.24, 2.45) is 0 Å². The minimum atomic E-state index is 0.680. The third-order valence-corrected chi connectivity index (χ3v) is 12.7. The van der Waals surface area contributed by atoms with Crippen LogP contribution in [-0.4, -0.2) is 19.6 Å². The van der Waals surface area contributed by atoms with Gasteiger partial charge in [0.25, 0.3) is 0 Å². The Morgan fingerprint density at radius 3 is 1.22 bits per heavy atom. The molecule has 0 N–H and O–H groups in total. The quantitative estimate of drug-likeness (QED) is 0.145. The van der Waals surface area contributed by atoms with Crippen LogP contribution in [0.5, 0.6) is 0 Å². The highest BCUT2D eigenvalue weighted by Crippen LogP contribution is 2.43. The van der Waals surface area contributed by atoms with Crippen LogP contribution in [0.25, 0.3) is 117 Å². The second kappa shape index (κ2) is 17.2. The van der Waals surface area contributed by atoms with E-state index in [-0.39, 0.29) is 0 Å². The predicted molar refractivity (Wildman–Crippen MR) is 277 cm³/mol. The van der Waals surface area contributed by atoms with Crippen molar-refractivity contribution in [2.45, 2.75) is 0 Å². The zero-order valence-electron chi connectivity index (χ0n) is 36.5. The van der Waals surface area contributed by atoms with Gasteiger partial charge in [-0.15, -0.1) is 0 Å². The van der Waals surface area contributed by atoms with Crippen molar-refractivity contribution in [3.8, 4) is 101 Å². The van der Waals surface area contributed by atoms with E-state index in [1.54, 1.807) is 0 Å². The monoisotopic (exact) mass is 854 g/mol. The maximum Gasteiger partial charge on any atom is 0.160 e. The van der Waals surface area contributed by atoms with Crippen molar-refractivity contribution < 1.29 is 0 Å². The molecule has 0 saturated carbocycles. The third-order valence-electron chi connectivity index (χ3n) is 12.7. The number of aromatic nitrogens is 4. The fourth-order valence-corrected chi connectivity index (χ4v) is 9.31. The molecule has 0 radical (unpaired) electrons. The van der Waals surface area contributed by atoms with Gasteiger partial charge in [-0.05, 0) is 56.5 Å². The normalized spacial score (nSPS) is 11.3. The molecule has 4 nitrogen and oxygen atoms in total. The van der Waals surface area contributed by atoms with Crippen LogP contribution < -0.4 is 0 Å². The summed E-state index contributed by atoms with van der Waals surface area (Å²) in [5.74, 6) is 0.680. The van der Waals surface area contributed by atoms with E-state index in [0.29, 0.717) is 5.82 Å². The fraction of sp³-hybridized carbons (Fsp3) is 0. The molecule has 0 fully saturated rings. The van der Waals surface area contributed by atoms with Gasteiger partial charge in [0.1, 0.15) is 5.69 Å². The number of hydrogen-bond acceptors (Lipinski definition) is 3. The van der Waals surface area contributed by atoms with Crippen molar-refractivity contribution in [1.82, 2.24) is 19.6 Å². The van der Waals surface area contributed by atoms with Gasteiger partial charge in [-0.25, -0.2) is 14.5 Å². The fourth-order valence-electron chi connectivity index (χ4n) is 9.31. The first-order chi connectivity index (χ1) is 33.2. The molecule has 0 spiro atoms. The molecule has 0 saturated heterocycles. The van der Waals surface area contributed by atoms with Gasteiger partial charge in [0.15, 0.2) is 5.82 Å². The zero-order chi connectivity index (χ0) is 44.5. The summed E-state index contributed by atoms with van der Waals surface area (Å²) in [6.45, 7) is 0. The average molecular weight is 855 g/mol. The molecule has 4 heteroatoms. The Bertz CT molecular complexity index is 3560. The average Bonchev–Trinajstić information content (AvgIpc) is 3.83.